The minimum atomic E-state index is -0.154. The summed E-state index contributed by atoms with van der Waals surface area (Å²) in [7, 11) is 3.18. The van der Waals surface area contributed by atoms with E-state index in [9.17, 15) is 4.79 Å². The minimum Gasteiger partial charge on any atom is -0.354 e. The van der Waals surface area contributed by atoms with Crippen LogP contribution in [0, 0.1) is 0 Å². The summed E-state index contributed by atoms with van der Waals surface area (Å²) in [6.07, 6.45) is 1.30. The van der Waals surface area contributed by atoms with Crippen LogP contribution in [0.5, 0.6) is 0 Å². The molecular formula is C11H20N6O2. The highest BCUT2D eigenvalue weighted by Gasteiger charge is 2.11. The maximum absolute atomic E-state index is 11.4. The highest BCUT2D eigenvalue weighted by atomic mass is 16.7. The average Bonchev–Trinajstić information content (AvgIpc) is 2.43. The number of carbonyl (C=O) groups is 1. The SMILES string of the molecule is CCCNc1nc(NC(=O)CC)nc(N(C)OC)n1. The third-order valence-electron chi connectivity index (χ3n) is 2.28. The number of rotatable bonds is 7. The molecule has 19 heavy (non-hydrogen) atoms. The Morgan fingerprint density at radius 2 is 1.95 bits per heavy atom. The van der Waals surface area contributed by atoms with Gasteiger partial charge in [0.05, 0.1) is 7.11 Å². The van der Waals surface area contributed by atoms with Crippen molar-refractivity contribution < 1.29 is 9.63 Å². The van der Waals surface area contributed by atoms with Gasteiger partial charge in [-0.1, -0.05) is 13.8 Å². The molecule has 0 aromatic carbocycles. The van der Waals surface area contributed by atoms with E-state index >= 15 is 0 Å². The Morgan fingerprint density at radius 3 is 2.53 bits per heavy atom. The average molecular weight is 268 g/mol. The van der Waals surface area contributed by atoms with E-state index in [1.807, 2.05) is 6.92 Å². The molecule has 0 fully saturated rings. The van der Waals surface area contributed by atoms with Crippen molar-refractivity contribution >= 4 is 23.8 Å². The summed E-state index contributed by atoms with van der Waals surface area (Å²) in [6.45, 7) is 4.53. The van der Waals surface area contributed by atoms with Gasteiger partial charge in [-0.2, -0.15) is 15.0 Å². The third-order valence-corrected chi connectivity index (χ3v) is 2.28. The van der Waals surface area contributed by atoms with E-state index in [1.165, 1.54) is 12.2 Å². The fraction of sp³-hybridized carbons (Fsp3) is 0.636. The van der Waals surface area contributed by atoms with Gasteiger partial charge in [-0.05, 0) is 6.42 Å². The van der Waals surface area contributed by atoms with Crippen molar-refractivity contribution in [2.45, 2.75) is 26.7 Å². The van der Waals surface area contributed by atoms with Gasteiger partial charge in [0.1, 0.15) is 0 Å². The van der Waals surface area contributed by atoms with E-state index in [4.69, 9.17) is 4.84 Å². The molecule has 106 valence electrons. The number of nitrogens with one attached hydrogen (secondary N) is 2. The summed E-state index contributed by atoms with van der Waals surface area (Å²) in [5.74, 6) is 0.780. The van der Waals surface area contributed by atoms with Crippen LogP contribution < -0.4 is 15.7 Å². The zero-order valence-electron chi connectivity index (χ0n) is 11.7. The molecule has 0 spiro atoms. The highest BCUT2D eigenvalue weighted by molar-refractivity contribution is 5.88. The number of hydroxylamine groups is 1. The fourth-order valence-corrected chi connectivity index (χ4v) is 1.17. The molecule has 2 N–H and O–H groups in total. The van der Waals surface area contributed by atoms with Crippen LogP contribution in [0.25, 0.3) is 0 Å². The normalized spacial score (nSPS) is 10.1. The van der Waals surface area contributed by atoms with Crippen LogP contribution in [-0.4, -0.2) is 41.6 Å². The largest absolute Gasteiger partial charge is 0.354 e. The molecule has 0 aliphatic rings. The molecule has 0 atom stereocenters. The predicted octanol–water partition coefficient (Wildman–Crippen LogP) is 1.04. The van der Waals surface area contributed by atoms with Gasteiger partial charge in [-0.25, -0.2) is 5.06 Å². The smallest absolute Gasteiger partial charge is 0.256 e. The number of amides is 1. The Balaban J connectivity index is 2.97. The number of hydrogen-bond donors (Lipinski definition) is 2. The molecule has 0 radical (unpaired) electrons. The van der Waals surface area contributed by atoms with Gasteiger partial charge in [0, 0.05) is 20.0 Å². The van der Waals surface area contributed by atoms with E-state index < -0.39 is 0 Å². The molecular weight excluding hydrogens is 248 g/mol. The summed E-state index contributed by atoms with van der Waals surface area (Å²) in [5.41, 5.74) is 0. The molecule has 1 aromatic heterocycles. The molecule has 0 unspecified atom stereocenters. The monoisotopic (exact) mass is 268 g/mol. The van der Waals surface area contributed by atoms with Crippen molar-refractivity contribution in [2.75, 3.05) is 36.4 Å². The van der Waals surface area contributed by atoms with Crippen LogP contribution in [-0.2, 0) is 9.63 Å². The first-order valence-corrected chi connectivity index (χ1v) is 6.18. The van der Waals surface area contributed by atoms with Crippen LogP contribution in [0.15, 0.2) is 0 Å². The Morgan fingerprint density at radius 1 is 1.26 bits per heavy atom. The van der Waals surface area contributed by atoms with Crippen molar-refractivity contribution in [1.82, 2.24) is 15.0 Å². The van der Waals surface area contributed by atoms with E-state index in [0.29, 0.717) is 18.3 Å². The van der Waals surface area contributed by atoms with Gasteiger partial charge in [0.2, 0.25) is 17.8 Å². The molecule has 0 saturated heterocycles. The summed E-state index contributed by atoms with van der Waals surface area (Å²) in [6, 6.07) is 0. The van der Waals surface area contributed by atoms with E-state index in [0.717, 1.165) is 13.0 Å². The number of carbonyl (C=O) groups excluding carboxylic acids is 1. The summed E-state index contributed by atoms with van der Waals surface area (Å²) in [4.78, 5) is 28.8. The van der Waals surface area contributed by atoms with Gasteiger partial charge in [0.15, 0.2) is 0 Å². The molecule has 1 amide bonds. The number of nitrogens with zero attached hydrogens (tertiary/aromatic N) is 4. The van der Waals surface area contributed by atoms with E-state index in [1.54, 1.807) is 14.0 Å². The Hall–Kier alpha value is -1.96. The van der Waals surface area contributed by atoms with Gasteiger partial charge < -0.3 is 5.32 Å². The molecule has 0 aliphatic heterocycles. The number of anilines is 3. The predicted molar refractivity (Wildman–Crippen MR) is 72.9 cm³/mol. The van der Waals surface area contributed by atoms with Crippen molar-refractivity contribution in [2.24, 2.45) is 0 Å². The second kappa shape index (κ2) is 7.47. The molecule has 1 rings (SSSR count). The molecule has 8 heteroatoms. The lowest BCUT2D eigenvalue weighted by Gasteiger charge is -2.15. The summed E-state index contributed by atoms with van der Waals surface area (Å²) >= 11 is 0. The van der Waals surface area contributed by atoms with Gasteiger partial charge in [-0.3, -0.25) is 14.9 Å². The standard InChI is InChI=1S/C11H20N6O2/c1-5-7-12-9-14-10(13-8(18)6-2)16-11(15-9)17(3)19-4/h5-7H2,1-4H3,(H2,12,13,14,15,16,18). The summed E-state index contributed by atoms with van der Waals surface area (Å²) < 4.78 is 0. The quantitative estimate of drug-likeness (QED) is 0.714. The van der Waals surface area contributed by atoms with Crippen molar-refractivity contribution in [3.63, 3.8) is 0 Å². The van der Waals surface area contributed by atoms with E-state index in [2.05, 4.69) is 25.6 Å². The Labute approximate surface area is 112 Å². The first-order chi connectivity index (χ1) is 9.10. The first kappa shape index (κ1) is 15.1. The van der Waals surface area contributed by atoms with Crippen molar-refractivity contribution in [1.29, 1.82) is 0 Å². The molecule has 1 aromatic rings. The molecule has 0 aliphatic carbocycles. The zero-order chi connectivity index (χ0) is 14.3. The second-order valence-corrected chi connectivity index (χ2v) is 3.79. The van der Waals surface area contributed by atoms with Gasteiger partial charge in [-0.15, -0.1) is 0 Å². The lowest BCUT2D eigenvalue weighted by Crippen LogP contribution is -2.21. The van der Waals surface area contributed by atoms with Crippen LogP contribution in [0.3, 0.4) is 0 Å². The van der Waals surface area contributed by atoms with Crippen LogP contribution in [0.1, 0.15) is 26.7 Å². The minimum absolute atomic E-state index is 0.154. The first-order valence-electron chi connectivity index (χ1n) is 6.18. The third kappa shape index (κ3) is 4.66. The lowest BCUT2D eigenvalue weighted by molar-refractivity contribution is -0.115. The topological polar surface area (TPSA) is 92.3 Å². The van der Waals surface area contributed by atoms with Crippen molar-refractivity contribution in [3.05, 3.63) is 0 Å². The van der Waals surface area contributed by atoms with E-state index in [-0.39, 0.29) is 11.9 Å². The number of hydrogen-bond acceptors (Lipinski definition) is 7. The molecule has 0 bridgehead atoms. The molecule has 8 nitrogen and oxygen atoms in total. The summed E-state index contributed by atoms with van der Waals surface area (Å²) in [5, 5.41) is 7.04. The second-order valence-electron chi connectivity index (χ2n) is 3.79. The highest BCUT2D eigenvalue weighted by Crippen LogP contribution is 2.12. The van der Waals surface area contributed by atoms with Gasteiger partial charge >= 0.3 is 0 Å². The Kier molecular flexibility index (Phi) is 5.94. The number of aromatic nitrogens is 3. The lowest BCUT2D eigenvalue weighted by atomic mass is 10.4. The molecule has 0 saturated carbocycles. The fourth-order valence-electron chi connectivity index (χ4n) is 1.17. The van der Waals surface area contributed by atoms with Crippen LogP contribution >= 0.6 is 0 Å². The van der Waals surface area contributed by atoms with Crippen LogP contribution in [0.2, 0.25) is 0 Å². The van der Waals surface area contributed by atoms with Gasteiger partial charge in [0.25, 0.3) is 5.95 Å². The zero-order valence-corrected chi connectivity index (χ0v) is 11.7. The maximum Gasteiger partial charge on any atom is 0.256 e. The maximum atomic E-state index is 11.4. The Bertz CT molecular complexity index is 426. The van der Waals surface area contributed by atoms with Crippen LogP contribution in [0.4, 0.5) is 17.8 Å². The molecule has 1 heterocycles. The van der Waals surface area contributed by atoms with Crippen molar-refractivity contribution in [3.8, 4) is 0 Å².